The molecule has 0 amide bonds. The van der Waals surface area contributed by atoms with Crippen LogP contribution in [0.25, 0.3) is 69.9 Å². The first-order valence-corrected chi connectivity index (χ1v) is 19.5. The van der Waals surface area contributed by atoms with Crippen molar-refractivity contribution in [1.29, 1.82) is 0 Å². The Kier molecular flexibility index (Phi) is 6.80. The van der Waals surface area contributed by atoms with E-state index in [1.165, 1.54) is 81.0 Å². The monoisotopic (exact) mass is 708 g/mol. The van der Waals surface area contributed by atoms with Crippen molar-refractivity contribution < 1.29 is 0 Å². The highest BCUT2D eigenvalue weighted by molar-refractivity contribution is 7.25. The van der Waals surface area contributed by atoms with E-state index in [1.807, 2.05) is 11.3 Å². The summed E-state index contributed by atoms with van der Waals surface area (Å²) in [5.41, 5.74) is 14.7. The predicted octanol–water partition coefficient (Wildman–Crippen LogP) is 14.6. The van der Waals surface area contributed by atoms with Crippen LogP contribution in [0, 0.1) is 0 Å². The third-order valence-electron chi connectivity index (χ3n) is 11.6. The molecule has 0 saturated carbocycles. The molecule has 0 bridgehead atoms. The number of para-hydroxylation sites is 2. The summed E-state index contributed by atoms with van der Waals surface area (Å²) in [6.07, 6.45) is 0. The van der Waals surface area contributed by atoms with Gasteiger partial charge >= 0.3 is 0 Å². The quantitative estimate of drug-likeness (QED) is 0.173. The van der Waals surface area contributed by atoms with Gasteiger partial charge in [-0.25, -0.2) is 0 Å². The molecule has 1 aliphatic rings. The summed E-state index contributed by atoms with van der Waals surface area (Å²) in [5, 5.41) is 5.17. The minimum Gasteiger partial charge on any atom is -0.310 e. The first-order valence-electron chi connectivity index (χ1n) is 18.7. The number of nitrogens with zero attached hydrogens (tertiary/aromatic N) is 2. The van der Waals surface area contributed by atoms with Crippen molar-refractivity contribution >= 4 is 70.4 Å². The topological polar surface area (TPSA) is 8.17 Å². The van der Waals surface area contributed by atoms with Gasteiger partial charge in [0.05, 0.1) is 11.0 Å². The van der Waals surface area contributed by atoms with Gasteiger partial charge in [0.2, 0.25) is 0 Å². The first-order chi connectivity index (χ1) is 26.5. The zero-order chi connectivity index (χ0) is 36.0. The van der Waals surface area contributed by atoms with Gasteiger partial charge in [-0.2, -0.15) is 0 Å². The molecule has 0 radical (unpaired) electrons. The van der Waals surface area contributed by atoms with E-state index in [2.05, 4.69) is 205 Å². The lowest BCUT2D eigenvalue weighted by Gasteiger charge is -2.28. The normalized spacial score (nSPS) is 13.1. The summed E-state index contributed by atoms with van der Waals surface area (Å²) in [6.45, 7) is 4.78. The molecule has 54 heavy (non-hydrogen) atoms. The molecule has 2 heterocycles. The minimum atomic E-state index is -0.203. The third kappa shape index (κ3) is 4.65. The lowest BCUT2D eigenvalue weighted by molar-refractivity contribution is 0.660. The summed E-state index contributed by atoms with van der Waals surface area (Å²) in [6, 6.07) is 67.1. The molecular formula is C51H36N2S. The molecule has 0 saturated heterocycles. The standard InChI is InChI=1S/C51H36N2S/c1-51(2)45-31-37(24-27-39(45)40-28-25-38(32-46(40)51)53-47-17-9-6-14-41(47)42-15-7-10-18-48(42)53)52(35-22-20-34(21-23-35)33-12-4-3-5-13-33)36-26-29-50-44(30-36)43-16-8-11-19-49(43)54-50/h3-32H,1-2H3. The summed E-state index contributed by atoms with van der Waals surface area (Å²) >= 11 is 1.86. The molecule has 0 spiro atoms. The zero-order valence-electron chi connectivity index (χ0n) is 30.1. The highest BCUT2D eigenvalue weighted by atomic mass is 32.1. The minimum absolute atomic E-state index is 0.203. The molecule has 3 heteroatoms. The molecule has 256 valence electrons. The fraction of sp³-hybridized carbons (Fsp3) is 0.0588. The molecule has 2 aromatic heterocycles. The molecule has 1 aliphatic carbocycles. The number of rotatable bonds is 5. The van der Waals surface area contributed by atoms with E-state index in [1.54, 1.807) is 0 Å². The van der Waals surface area contributed by atoms with Crippen LogP contribution >= 0.6 is 11.3 Å². The van der Waals surface area contributed by atoms with Gasteiger partial charge < -0.3 is 9.47 Å². The number of anilines is 3. The van der Waals surface area contributed by atoms with Gasteiger partial charge in [0, 0.05) is 59.1 Å². The van der Waals surface area contributed by atoms with Crippen molar-refractivity contribution in [3.63, 3.8) is 0 Å². The molecule has 2 nitrogen and oxygen atoms in total. The van der Waals surface area contributed by atoms with E-state index in [0.717, 1.165) is 17.1 Å². The maximum absolute atomic E-state index is 2.44. The van der Waals surface area contributed by atoms with Crippen LogP contribution in [0.4, 0.5) is 17.1 Å². The molecule has 0 unspecified atom stereocenters. The number of thiophene rings is 1. The van der Waals surface area contributed by atoms with Crippen molar-refractivity contribution in [3.8, 4) is 27.9 Å². The third-order valence-corrected chi connectivity index (χ3v) is 12.7. The summed E-state index contributed by atoms with van der Waals surface area (Å²) < 4.78 is 5.06. The van der Waals surface area contributed by atoms with Gasteiger partial charge in [0.25, 0.3) is 0 Å². The zero-order valence-corrected chi connectivity index (χ0v) is 30.9. The summed E-state index contributed by atoms with van der Waals surface area (Å²) in [4.78, 5) is 2.43. The largest absolute Gasteiger partial charge is 0.310 e. The lowest BCUT2D eigenvalue weighted by atomic mass is 9.82. The molecule has 0 atom stereocenters. The van der Waals surface area contributed by atoms with Crippen LogP contribution < -0.4 is 4.90 Å². The van der Waals surface area contributed by atoms with Gasteiger partial charge in [-0.1, -0.05) is 123 Å². The average molecular weight is 709 g/mol. The van der Waals surface area contributed by atoms with Crippen LogP contribution in [0.15, 0.2) is 182 Å². The second-order valence-electron chi connectivity index (χ2n) is 15.0. The predicted molar refractivity (Wildman–Crippen MR) is 231 cm³/mol. The van der Waals surface area contributed by atoms with E-state index in [4.69, 9.17) is 0 Å². The average Bonchev–Trinajstić information content (AvgIpc) is 3.84. The number of benzene rings is 8. The van der Waals surface area contributed by atoms with Crippen molar-refractivity contribution in [2.75, 3.05) is 4.90 Å². The Morgan fingerprint density at radius 2 is 0.963 bits per heavy atom. The van der Waals surface area contributed by atoms with Crippen molar-refractivity contribution in [2.45, 2.75) is 19.3 Å². The number of hydrogen-bond acceptors (Lipinski definition) is 2. The highest BCUT2D eigenvalue weighted by Crippen LogP contribution is 2.52. The van der Waals surface area contributed by atoms with E-state index < -0.39 is 0 Å². The molecule has 8 aromatic carbocycles. The fourth-order valence-electron chi connectivity index (χ4n) is 8.93. The van der Waals surface area contributed by atoms with Crippen LogP contribution in [0.3, 0.4) is 0 Å². The molecule has 0 fully saturated rings. The maximum Gasteiger partial charge on any atom is 0.0541 e. The number of hydrogen-bond donors (Lipinski definition) is 0. The van der Waals surface area contributed by atoms with Crippen molar-refractivity contribution in [2.24, 2.45) is 0 Å². The van der Waals surface area contributed by atoms with E-state index in [-0.39, 0.29) is 5.41 Å². The Labute approximate surface area is 318 Å². The van der Waals surface area contributed by atoms with Crippen molar-refractivity contribution in [3.05, 3.63) is 193 Å². The Morgan fingerprint density at radius 3 is 1.70 bits per heavy atom. The molecule has 11 rings (SSSR count). The van der Waals surface area contributed by atoms with Crippen LogP contribution in [0.1, 0.15) is 25.0 Å². The number of fused-ring (bicyclic) bond motifs is 9. The molecule has 10 aromatic rings. The van der Waals surface area contributed by atoms with Gasteiger partial charge in [-0.15, -0.1) is 11.3 Å². The number of aromatic nitrogens is 1. The van der Waals surface area contributed by atoms with Crippen LogP contribution in [0.2, 0.25) is 0 Å². The summed E-state index contributed by atoms with van der Waals surface area (Å²) in [5.74, 6) is 0. The Balaban J connectivity index is 1.06. The van der Waals surface area contributed by atoms with E-state index in [9.17, 15) is 0 Å². The second-order valence-corrected chi connectivity index (χ2v) is 16.1. The maximum atomic E-state index is 2.44. The van der Waals surface area contributed by atoms with Gasteiger partial charge in [-0.3, -0.25) is 0 Å². The van der Waals surface area contributed by atoms with Gasteiger partial charge in [-0.05, 0) is 106 Å². The van der Waals surface area contributed by atoms with Crippen molar-refractivity contribution in [1.82, 2.24) is 4.57 Å². The SMILES string of the molecule is CC1(C)c2cc(N(c3ccc(-c4ccccc4)cc3)c3ccc4sc5ccccc5c4c3)ccc2-c2ccc(-n3c4ccccc4c4ccccc43)cc21. The molecule has 0 aliphatic heterocycles. The fourth-order valence-corrected chi connectivity index (χ4v) is 10.0. The van der Waals surface area contributed by atoms with E-state index >= 15 is 0 Å². The van der Waals surface area contributed by atoms with Crippen LogP contribution in [-0.4, -0.2) is 4.57 Å². The lowest BCUT2D eigenvalue weighted by Crippen LogP contribution is -2.17. The highest BCUT2D eigenvalue weighted by Gasteiger charge is 2.36. The molecular weight excluding hydrogens is 673 g/mol. The van der Waals surface area contributed by atoms with Gasteiger partial charge in [0.15, 0.2) is 0 Å². The Morgan fingerprint density at radius 1 is 0.426 bits per heavy atom. The Hall–Kier alpha value is -6.42. The van der Waals surface area contributed by atoms with Crippen LogP contribution in [0.5, 0.6) is 0 Å². The van der Waals surface area contributed by atoms with Gasteiger partial charge in [0.1, 0.15) is 0 Å². The van der Waals surface area contributed by atoms with Crippen LogP contribution in [-0.2, 0) is 5.41 Å². The summed E-state index contributed by atoms with van der Waals surface area (Å²) in [7, 11) is 0. The van der Waals surface area contributed by atoms with E-state index in [0.29, 0.717) is 0 Å². The smallest absolute Gasteiger partial charge is 0.0541 e. The Bertz CT molecular complexity index is 3020. The second kappa shape index (κ2) is 11.8. The molecule has 0 N–H and O–H groups in total. The first kappa shape index (κ1) is 31.1.